The maximum absolute atomic E-state index is 11.5. The summed E-state index contributed by atoms with van der Waals surface area (Å²) in [4.78, 5) is 22.6. The molecule has 0 bridgehead atoms. The third-order valence-electron chi connectivity index (χ3n) is 2.83. The van der Waals surface area contributed by atoms with Crippen molar-refractivity contribution in [2.75, 3.05) is 6.61 Å². The first kappa shape index (κ1) is 14.0. The van der Waals surface area contributed by atoms with E-state index in [4.69, 9.17) is 4.74 Å². The van der Waals surface area contributed by atoms with Crippen LogP contribution < -0.4 is 5.32 Å². The molecule has 2 N–H and O–H groups in total. The predicted molar refractivity (Wildman–Crippen MR) is 62.3 cm³/mol. The van der Waals surface area contributed by atoms with Crippen molar-refractivity contribution in [1.29, 1.82) is 0 Å². The third kappa shape index (κ3) is 5.17. The van der Waals surface area contributed by atoms with Crippen LogP contribution in [0.2, 0.25) is 0 Å². The molecule has 1 amide bonds. The van der Waals surface area contributed by atoms with Crippen LogP contribution in [-0.2, 0) is 14.3 Å². The molecule has 0 saturated carbocycles. The molecule has 98 valence electrons. The van der Waals surface area contributed by atoms with E-state index < -0.39 is 12.1 Å². The average Bonchev–Trinajstić information content (AvgIpc) is 2.64. The highest BCUT2D eigenvalue weighted by atomic mass is 16.5. The summed E-state index contributed by atoms with van der Waals surface area (Å²) in [5.41, 5.74) is 0. The van der Waals surface area contributed by atoms with Crippen molar-refractivity contribution in [1.82, 2.24) is 5.32 Å². The third-order valence-corrected chi connectivity index (χ3v) is 2.83. The van der Waals surface area contributed by atoms with Crippen LogP contribution in [0.25, 0.3) is 0 Å². The van der Waals surface area contributed by atoms with Crippen molar-refractivity contribution in [2.45, 2.75) is 57.6 Å². The minimum atomic E-state index is -0.612. The first-order valence-electron chi connectivity index (χ1n) is 6.27. The van der Waals surface area contributed by atoms with Gasteiger partial charge in [-0.2, -0.15) is 0 Å². The van der Waals surface area contributed by atoms with Crippen LogP contribution in [-0.4, -0.2) is 35.7 Å². The predicted octanol–water partition coefficient (Wildman–Crippen LogP) is 0.749. The van der Waals surface area contributed by atoms with Crippen LogP contribution >= 0.6 is 0 Å². The second-order valence-electron chi connectivity index (χ2n) is 4.43. The molecule has 17 heavy (non-hydrogen) atoms. The van der Waals surface area contributed by atoms with Gasteiger partial charge in [0, 0.05) is 6.42 Å². The monoisotopic (exact) mass is 243 g/mol. The fourth-order valence-electron chi connectivity index (χ4n) is 1.83. The minimum Gasteiger partial charge on any atom is -0.464 e. The van der Waals surface area contributed by atoms with E-state index in [-0.39, 0.29) is 18.3 Å². The number of rotatable bonds is 7. The van der Waals surface area contributed by atoms with E-state index in [1.54, 1.807) is 0 Å². The van der Waals surface area contributed by atoms with Crippen molar-refractivity contribution in [3.05, 3.63) is 0 Å². The number of unbranched alkanes of at least 4 members (excludes halogenated alkanes) is 2. The zero-order chi connectivity index (χ0) is 12.7. The van der Waals surface area contributed by atoms with Crippen LogP contribution in [0, 0.1) is 0 Å². The summed E-state index contributed by atoms with van der Waals surface area (Å²) in [5, 5.41) is 12.2. The Bertz CT molecular complexity index is 267. The fraction of sp³-hybridized carbons (Fsp3) is 0.833. The van der Waals surface area contributed by atoms with E-state index in [9.17, 15) is 14.7 Å². The quantitative estimate of drug-likeness (QED) is 0.511. The summed E-state index contributed by atoms with van der Waals surface area (Å²) in [7, 11) is 0. The van der Waals surface area contributed by atoms with Gasteiger partial charge in [0.25, 0.3) is 0 Å². The van der Waals surface area contributed by atoms with Crippen molar-refractivity contribution in [3.63, 3.8) is 0 Å². The summed E-state index contributed by atoms with van der Waals surface area (Å²) < 4.78 is 4.73. The number of carbonyl (C=O) groups is 2. The molecule has 0 spiro atoms. The standard InChI is InChI=1S/C12H21NO4/c1-2-3-4-5-9(14)8-11(15)13-10-6-7-17-12(10)16/h9-10,14H,2-8H2,1H3,(H,13,15)/t9?,10-/m0/s1. The molecule has 0 aromatic carbocycles. The number of ether oxygens (including phenoxy) is 1. The Morgan fingerprint density at radius 3 is 2.94 bits per heavy atom. The van der Waals surface area contributed by atoms with Gasteiger partial charge in [-0.1, -0.05) is 26.2 Å². The lowest BCUT2D eigenvalue weighted by Crippen LogP contribution is -2.39. The van der Waals surface area contributed by atoms with E-state index in [1.165, 1.54) is 0 Å². The van der Waals surface area contributed by atoms with Gasteiger partial charge in [0.2, 0.25) is 5.91 Å². The number of aliphatic hydroxyl groups is 1. The molecule has 1 rings (SSSR count). The highest BCUT2D eigenvalue weighted by Gasteiger charge is 2.28. The van der Waals surface area contributed by atoms with Crippen molar-refractivity contribution >= 4 is 11.9 Å². The number of aliphatic hydroxyl groups excluding tert-OH is 1. The summed E-state index contributed by atoms with van der Waals surface area (Å²) >= 11 is 0. The smallest absolute Gasteiger partial charge is 0.328 e. The molecule has 5 nitrogen and oxygen atoms in total. The lowest BCUT2D eigenvalue weighted by Gasteiger charge is -2.12. The van der Waals surface area contributed by atoms with Gasteiger partial charge in [-0.15, -0.1) is 0 Å². The summed E-state index contributed by atoms with van der Waals surface area (Å²) in [6, 6.07) is -0.523. The Labute approximate surface area is 102 Å². The molecule has 1 aliphatic heterocycles. The largest absolute Gasteiger partial charge is 0.464 e. The molecule has 1 unspecified atom stereocenters. The van der Waals surface area contributed by atoms with Gasteiger partial charge in [0.1, 0.15) is 6.04 Å². The normalized spacial score (nSPS) is 21.1. The molecule has 1 saturated heterocycles. The Morgan fingerprint density at radius 2 is 2.35 bits per heavy atom. The Kier molecular flexibility index (Phi) is 5.97. The van der Waals surface area contributed by atoms with Gasteiger partial charge in [-0.25, -0.2) is 4.79 Å². The first-order chi connectivity index (χ1) is 8.13. The zero-order valence-corrected chi connectivity index (χ0v) is 10.3. The van der Waals surface area contributed by atoms with Crippen molar-refractivity contribution in [2.24, 2.45) is 0 Å². The summed E-state index contributed by atoms with van der Waals surface area (Å²) in [6.07, 6.45) is 3.69. The molecule has 0 radical (unpaired) electrons. The highest BCUT2D eigenvalue weighted by molar-refractivity contribution is 5.85. The van der Waals surface area contributed by atoms with Crippen LogP contribution in [0.5, 0.6) is 0 Å². The van der Waals surface area contributed by atoms with E-state index in [0.29, 0.717) is 19.4 Å². The molecule has 0 aromatic heterocycles. The van der Waals surface area contributed by atoms with Gasteiger partial charge in [-0.3, -0.25) is 4.79 Å². The molecule has 1 fully saturated rings. The van der Waals surface area contributed by atoms with Gasteiger partial charge in [0.05, 0.1) is 19.1 Å². The number of hydrogen-bond donors (Lipinski definition) is 2. The van der Waals surface area contributed by atoms with E-state index >= 15 is 0 Å². The maximum atomic E-state index is 11.5. The summed E-state index contributed by atoms with van der Waals surface area (Å²) in [6.45, 7) is 2.45. The van der Waals surface area contributed by atoms with Gasteiger partial charge >= 0.3 is 5.97 Å². The Balaban J connectivity index is 2.17. The molecule has 1 aliphatic rings. The molecule has 2 atom stereocenters. The van der Waals surface area contributed by atoms with Gasteiger partial charge < -0.3 is 15.2 Å². The number of nitrogens with one attached hydrogen (secondary N) is 1. The fourth-order valence-corrected chi connectivity index (χ4v) is 1.83. The topological polar surface area (TPSA) is 75.6 Å². The van der Waals surface area contributed by atoms with Crippen LogP contribution in [0.4, 0.5) is 0 Å². The number of carbonyl (C=O) groups excluding carboxylic acids is 2. The second kappa shape index (κ2) is 7.27. The van der Waals surface area contributed by atoms with E-state index in [0.717, 1.165) is 19.3 Å². The Hall–Kier alpha value is -1.10. The van der Waals surface area contributed by atoms with Crippen molar-refractivity contribution in [3.8, 4) is 0 Å². The van der Waals surface area contributed by atoms with Crippen molar-refractivity contribution < 1.29 is 19.4 Å². The Morgan fingerprint density at radius 1 is 1.59 bits per heavy atom. The zero-order valence-electron chi connectivity index (χ0n) is 10.3. The highest BCUT2D eigenvalue weighted by Crippen LogP contribution is 2.09. The molecule has 0 aliphatic carbocycles. The van der Waals surface area contributed by atoms with Crippen LogP contribution in [0.1, 0.15) is 45.4 Å². The van der Waals surface area contributed by atoms with Crippen LogP contribution in [0.3, 0.4) is 0 Å². The molecule has 1 heterocycles. The SMILES string of the molecule is CCCCCC(O)CC(=O)N[C@H]1CCOC1=O. The average molecular weight is 243 g/mol. The minimum absolute atomic E-state index is 0.0630. The first-order valence-corrected chi connectivity index (χ1v) is 6.27. The number of cyclic esters (lactones) is 1. The van der Waals surface area contributed by atoms with Gasteiger partial charge in [0.15, 0.2) is 0 Å². The molecule has 5 heteroatoms. The summed E-state index contributed by atoms with van der Waals surface area (Å²) in [5.74, 6) is -0.656. The number of esters is 1. The molecular formula is C12H21NO4. The molecular weight excluding hydrogens is 222 g/mol. The lowest BCUT2D eigenvalue weighted by atomic mass is 10.1. The second-order valence-corrected chi connectivity index (χ2v) is 4.43. The lowest BCUT2D eigenvalue weighted by molar-refractivity contribution is -0.141. The van der Waals surface area contributed by atoms with E-state index in [2.05, 4.69) is 12.2 Å². The number of amides is 1. The molecule has 0 aromatic rings. The maximum Gasteiger partial charge on any atom is 0.328 e. The number of hydrogen-bond acceptors (Lipinski definition) is 4. The van der Waals surface area contributed by atoms with Gasteiger partial charge in [-0.05, 0) is 6.42 Å². The van der Waals surface area contributed by atoms with E-state index in [1.807, 2.05) is 0 Å². The van der Waals surface area contributed by atoms with Crippen LogP contribution in [0.15, 0.2) is 0 Å².